The normalized spacial score (nSPS) is 15.1. The summed E-state index contributed by atoms with van der Waals surface area (Å²) in [7, 11) is 1.66. The predicted octanol–water partition coefficient (Wildman–Crippen LogP) is 3.44. The van der Waals surface area contributed by atoms with E-state index in [0.29, 0.717) is 5.75 Å². The number of ether oxygens (including phenoxy) is 1. The van der Waals surface area contributed by atoms with Gasteiger partial charge in [0, 0.05) is 37.6 Å². The lowest BCUT2D eigenvalue weighted by molar-refractivity contribution is -0.130. The largest absolute Gasteiger partial charge is 0.497 e. The first-order valence-electron chi connectivity index (χ1n) is 8.96. The van der Waals surface area contributed by atoms with Crippen LogP contribution in [0.25, 0.3) is 0 Å². The molecule has 26 heavy (non-hydrogen) atoms. The van der Waals surface area contributed by atoms with Crippen LogP contribution in [-0.4, -0.2) is 54.7 Å². The van der Waals surface area contributed by atoms with Crippen LogP contribution in [0.4, 0.5) is 0 Å². The van der Waals surface area contributed by atoms with Crippen molar-refractivity contribution < 1.29 is 9.53 Å². The van der Waals surface area contributed by atoms with Crippen LogP contribution in [0.1, 0.15) is 11.1 Å². The Balaban J connectivity index is 1.44. The summed E-state index contributed by atoms with van der Waals surface area (Å²) in [6.45, 7) is 6.57. The molecule has 5 heteroatoms. The monoisotopic (exact) mass is 370 g/mol. The Morgan fingerprint density at radius 1 is 1.08 bits per heavy atom. The average Bonchev–Trinajstić information content (AvgIpc) is 2.67. The Kier molecular flexibility index (Phi) is 6.58. The number of thioether (sulfide) groups is 1. The molecule has 1 amide bonds. The predicted molar refractivity (Wildman–Crippen MR) is 107 cm³/mol. The van der Waals surface area contributed by atoms with Crippen LogP contribution in [0.5, 0.6) is 5.75 Å². The number of nitrogens with zero attached hydrogens (tertiary/aromatic N) is 2. The Morgan fingerprint density at radius 3 is 2.58 bits per heavy atom. The van der Waals surface area contributed by atoms with Crippen molar-refractivity contribution in [1.82, 2.24) is 9.80 Å². The lowest BCUT2D eigenvalue weighted by Crippen LogP contribution is -2.48. The molecular weight excluding hydrogens is 344 g/mol. The van der Waals surface area contributed by atoms with Gasteiger partial charge in [0.25, 0.3) is 0 Å². The van der Waals surface area contributed by atoms with Crippen molar-refractivity contribution in [2.45, 2.75) is 18.4 Å². The third-order valence-corrected chi connectivity index (χ3v) is 5.60. The average molecular weight is 371 g/mol. The summed E-state index contributed by atoms with van der Waals surface area (Å²) >= 11 is 1.57. The van der Waals surface area contributed by atoms with Crippen LogP contribution < -0.4 is 4.74 Å². The molecule has 0 N–H and O–H groups in total. The summed E-state index contributed by atoms with van der Waals surface area (Å²) in [6, 6.07) is 16.5. The number of carbonyl (C=O) groups excluding carboxylic acids is 1. The minimum absolute atomic E-state index is 0.216. The molecule has 0 aliphatic carbocycles. The van der Waals surface area contributed by atoms with E-state index in [1.165, 1.54) is 11.1 Å². The second kappa shape index (κ2) is 9.10. The molecule has 138 valence electrons. The number of hydrogen-bond acceptors (Lipinski definition) is 4. The van der Waals surface area contributed by atoms with Crippen molar-refractivity contribution in [1.29, 1.82) is 0 Å². The van der Waals surface area contributed by atoms with E-state index >= 15 is 0 Å². The van der Waals surface area contributed by atoms with Crippen LogP contribution in [0.15, 0.2) is 53.4 Å². The lowest BCUT2D eigenvalue weighted by atomic mass is 10.1. The zero-order valence-electron chi connectivity index (χ0n) is 15.5. The van der Waals surface area contributed by atoms with E-state index < -0.39 is 0 Å². The Labute approximate surface area is 160 Å². The minimum atomic E-state index is 0.216. The summed E-state index contributed by atoms with van der Waals surface area (Å²) < 4.78 is 5.23. The van der Waals surface area contributed by atoms with Gasteiger partial charge in [0.1, 0.15) is 5.75 Å². The topological polar surface area (TPSA) is 32.8 Å². The van der Waals surface area contributed by atoms with Gasteiger partial charge in [-0.25, -0.2) is 0 Å². The minimum Gasteiger partial charge on any atom is -0.497 e. The van der Waals surface area contributed by atoms with Gasteiger partial charge in [-0.1, -0.05) is 35.9 Å². The molecule has 1 aliphatic heterocycles. The first kappa shape index (κ1) is 18.8. The fourth-order valence-corrected chi connectivity index (χ4v) is 4.00. The van der Waals surface area contributed by atoms with Gasteiger partial charge in [0.15, 0.2) is 0 Å². The van der Waals surface area contributed by atoms with Gasteiger partial charge in [0.05, 0.1) is 12.9 Å². The molecule has 2 aromatic carbocycles. The van der Waals surface area contributed by atoms with Crippen LogP contribution in [0.3, 0.4) is 0 Å². The highest BCUT2D eigenvalue weighted by Crippen LogP contribution is 2.23. The lowest BCUT2D eigenvalue weighted by Gasteiger charge is -2.34. The smallest absolute Gasteiger partial charge is 0.233 e. The maximum Gasteiger partial charge on any atom is 0.233 e. The Morgan fingerprint density at radius 2 is 1.85 bits per heavy atom. The molecule has 3 rings (SSSR count). The summed E-state index contributed by atoms with van der Waals surface area (Å²) in [5.74, 6) is 1.52. The van der Waals surface area contributed by atoms with Gasteiger partial charge >= 0.3 is 0 Å². The molecule has 2 aromatic rings. The molecule has 0 unspecified atom stereocenters. The van der Waals surface area contributed by atoms with E-state index in [4.69, 9.17) is 4.74 Å². The van der Waals surface area contributed by atoms with E-state index in [1.54, 1.807) is 18.9 Å². The maximum atomic E-state index is 12.5. The molecular formula is C21H26N2O2S. The second-order valence-corrected chi connectivity index (χ2v) is 7.66. The van der Waals surface area contributed by atoms with Crippen LogP contribution in [0.2, 0.25) is 0 Å². The van der Waals surface area contributed by atoms with Crippen molar-refractivity contribution >= 4 is 17.7 Å². The molecule has 0 bridgehead atoms. The molecule has 1 fully saturated rings. The molecule has 1 aliphatic rings. The number of aryl methyl sites for hydroxylation is 1. The fourth-order valence-electron chi connectivity index (χ4n) is 3.15. The number of piperazine rings is 1. The number of benzene rings is 2. The number of methoxy groups -OCH3 is 1. The quantitative estimate of drug-likeness (QED) is 0.729. The Bertz CT molecular complexity index is 742. The standard InChI is InChI=1S/C21H26N2O2S/c1-17-5-3-6-18(13-17)15-22-9-11-23(12-10-22)21(24)16-26-20-8-4-7-19(14-20)25-2/h3-8,13-14H,9-12,15-16H2,1-2H3. The zero-order valence-corrected chi connectivity index (χ0v) is 16.3. The van der Waals surface area contributed by atoms with E-state index in [1.807, 2.05) is 29.2 Å². The van der Waals surface area contributed by atoms with E-state index in [0.717, 1.165) is 43.4 Å². The van der Waals surface area contributed by atoms with E-state index in [9.17, 15) is 4.79 Å². The summed E-state index contributed by atoms with van der Waals surface area (Å²) in [5.41, 5.74) is 2.64. The molecule has 4 nitrogen and oxygen atoms in total. The summed E-state index contributed by atoms with van der Waals surface area (Å²) in [4.78, 5) is 18.0. The van der Waals surface area contributed by atoms with Crippen LogP contribution in [-0.2, 0) is 11.3 Å². The summed E-state index contributed by atoms with van der Waals surface area (Å²) in [5, 5.41) is 0. The van der Waals surface area contributed by atoms with Crippen molar-refractivity contribution in [2.24, 2.45) is 0 Å². The molecule has 0 spiro atoms. The highest BCUT2D eigenvalue weighted by atomic mass is 32.2. The first-order chi connectivity index (χ1) is 12.6. The third kappa shape index (κ3) is 5.26. The molecule has 0 radical (unpaired) electrons. The van der Waals surface area contributed by atoms with Crippen molar-refractivity contribution in [3.8, 4) is 5.75 Å². The second-order valence-electron chi connectivity index (χ2n) is 6.61. The van der Waals surface area contributed by atoms with Gasteiger partial charge in [0.2, 0.25) is 5.91 Å². The Hall–Kier alpha value is -1.98. The van der Waals surface area contributed by atoms with Gasteiger partial charge < -0.3 is 9.64 Å². The SMILES string of the molecule is COc1cccc(SCC(=O)N2CCN(Cc3cccc(C)c3)CC2)c1. The number of hydrogen-bond donors (Lipinski definition) is 0. The third-order valence-electron chi connectivity index (χ3n) is 4.62. The summed E-state index contributed by atoms with van der Waals surface area (Å²) in [6.07, 6.45) is 0. The van der Waals surface area contributed by atoms with E-state index in [-0.39, 0.29) is 5.91 Å². The fraction of sp³-hybridized carbons (Fsp3) is 0.381. The molecule has 1 saturated heterocycles. The first-order valence-corrected chi connectivity index (χ1v) is 9.95. The van der Waals surface area contributed by atoms with Crippen molar-refractivity contribution in [2.75, 3.05) is 39.0 Å². The molecule has 0 atom stereocenters. The van der Waals surface area contributed by atoms with E-state index in [2.05, 4.69) is 36.1 Å². The molecule has 0 aromatic heterocycles. The zero-order chi connectivity index (χ0) is 18.4. The highest BCUT2D eigenvalue weighted by Gasteiger charge is 2.21. The van der Waals surface area contributed by atoms with Gasteiger partial charge in [-0.3, -0.25) is 9.69 Å². The van der Waals surface area contributed by atoms with Gasteiger partial charge in [-0.15, -0.1) is 11.8 Å². The van der Waals surface area contributed by atoms with Crippen LogP contribution in [0, 0.1) is 6.92 Å². The number of carbonyl (C=O) groups is 1. The molecule has 1 heterocycles. The van der Waals surface area contributed by atoms with Crippen molar-refractivity contribution in [3.05, 3.63) is 59.7 Å². The van der Waals surface area contributed by atoms with Crippen molar-refractivity contribution in [3.63, 3.8) is 0 Å². The maximum absolute atomic E-state index is 12.5. The highest BCUT2D eigenvalue weighted by molar-refractivity contribution is 8.00. The number of rotatable bonds is 6. The van der Waals surface area contributed by atoms with Gasteiger partial charge in [-0.05, 0) is 30.7 Å². The number of amides is 1. The van der Waals surface area contributed by atoms with Crippen LogP contribution >= 0.6 is 11.8 Å². The van der Waals surface area contributed by atoms with Gasteiger partial charge in [-0.2, -0.15) is 0 Å². The molecule has 0 saturated carbocycles.